The third-order valence-corrected chi connectivity index (χ3v) is 4.70. The van der Waals surface area contributed by atoms with E-state index in [4.69, 9.17) is 9.47 Å². The molecule has 2 aromatic rings. The van der Waals surface area contributed by atoms with E-state index in [-0.39, 0.29) is 18.4 Å². The fourth-order valence-electron chi connectivity index (χ4n) is 3.10. The summed E-state index contributed by atoms with van der Waals surface area (Å²) in [7, 11) is 1.55. The minimum Gasteiger partial charge on any atom is -0.496 e. The van der Waals surface area contributed by atoms with Gasteiger partial charge in [-0.1, -0.05) is 30.3 Å². The first-order valence-corrected chi connectivity index (χ1v) is 8.98. The largest absolute Gasteiger partial charge is 0.496 e. The number of rotatable bonds is 5. The van der Waals surface area contributed by atoms with E-state index in [9.17, 15) is 9.59 Å². The lowest BCUT2D eigenvalue weighted by molar-refractivity contribution is -0.134. The zero-order chi connectivity index (χ0) is 19.2. The highest BCUT2D eigenvalue weighted by Gasteiger charge is 2.26. The number of aryl methyl sites for hydroxylation is 1. The Morgan fingerprint density at radius 2 is 1.48 bits per heavy atom. The summed E-state index contributed by atoms with van der Waals surface area (Å²) >= 11 is 0. The zero-order valence-corrected chi connectivity index (χ0v) is 15.7. The van der Waals surface area contributed by atoms with Crippen molar-refractivity contribution in [1.29, 1.82) is 0 Å². The first-order chi connectivity index (χ1) is 13.1. The molecule has 0 spiro atoms. The first kappa shape index (κ1) is 18.8. The Hall–Kier alpha value is -3.02. The van der Waals surface area contributed by atoms with Gasteiger partial charge in [0.1, 0.15) is 11.5 Å². The second kappa shape index (κ2) is 8.58. The molecule has 0 aromatic heterocycles. The van der Waals surface area contributed by atoms with E-state index >= 15 is 0 Å². The second-order valence-corrected chi connectivity index (χ2v) is 6.43. The van der Waals surface area contributed by atoms with Crippen LogP contribution in [0.2, 0.25) is 0 Å². The maximum absolute atomic E-state index is 12.7. The van der Waals surface area contributed by atoms with Gasteiger partial charge in [0.2, 0.25) is 0 Å². The Morgan fingerprint density at radius 3 is 2.15 bits per heavy atom. The molecule has 0 saturated carbocycles. The number of ether oxygens (including phenoxy) is 2. The van der Waals surface area contributed by atoms with Crippen molar-refractivity contribution in [2.75, 3.05) is 39.9 Å². The Bertz CT molecular complexity index is 813. The summed E-state index contributed by atoms with van der Waals surface area (Å²) in [5, 5.41) is 0. The minimum atomic E-state index is -0.0734. The highest BCUT2D eigenvalue weighted by molar-refractivity contribution is 5.97. The Labute approximate surface area is 159 Å². The van der Waals surface area contributed by atoms with Crippen LogP contribution < -0.4 is 9.47 Å². The fourth-order valence-corrected chi connectivity index (χ4v) is 3.10. The minimum absolute atomic E-state index is 0.00527. The number of carbonyl (C=O) groups is 2. The maximum atomic E-state index is 12.7. The van der Waals surface area contributed by atoms with E-state index in [1.807, 2.05) is 43.3 Å². The maximum Gasteiger partial charge on any atom is 0.260 e. The molecule has 6 heteroatoms. The predicted octanol–water partition coefficient (Wildman–Crippen LogP) is 2.37. The average molecular weight is 368 g/mol. The number of amides is 2. The van der Waals surface area contributed by atoms with Gasteiger partial charge in [-0.25, -0.2) is 0 Å². The number of piperazine rings is 1. The van der Waals surface area contributed by atoms with Crippen molar-refractivity contribution in [3.05, 3.63) is 59.7 Å². The lowest BCUT2D eigenvalue weighted by atomic mass is 10.1. The predicted molar refractivity (Wildman–Crippen MR) is 102 cm³/mol. The number of nitrogens with zero attached hydrogens (tertiary/aromatic N) is 2. The van der Waals surface area contributed by atoms with Crippen molar-refractivity contribution in [3.63, 3.8) is 0 Å². The molecule has 2 amide bonds. The van der Waals surface area contributed by atoms with E-state index in [0.29, 0.717) is 37.5 Å². The third kappa shape index (κ3) is 4.39. The number of hydrogen-bond acceptors (Lipinski definition) is 4. The van der Waals surface area contributed by atoms with E-state index < -0.39 is 0 Å². The highest BCUT2D eigenvalue weighted by atomic mass is 16.5. The van der Waals surface area contributed by atoms with Gasteiger partial charge in [-0.15, -0.1) is 0 Å². The van der Waals surface area contributed by atoms with Crippen LogP contribution in [0, 0.1) is 6.92 Å². The van der Waals surface area contributed by atoms with E-state index in [1.165, 1.54) is 0 Å². The van der Waals surface area contributed by atoms with Gasteiger partial charge in [-0.05, 0) is 30.7 Å². The van der Waals surface area contributed by atoms with Gasteiger partial charge in [0.15, 0.2) is 6.61 Å². The van der Waals surface area contributed by atoms with Gasteiger partial charge in [0.05, 0.1) is 12.7 Å². The molecule has 0 radical (unpaired) electrons. The molecule has 6 nitrogen and oxygen atoms in total. The van der Waals surface area contributed by atoms with Crippen molar-refractivity contribution < 1.29 is 19.1 Å². The third-order valence-electron chi connectivity index (χ3n) is 4.70. The normalized spacial score (nSPS) is 14.0. The van der Waals surface area contributed by atoms with Gasteiger partial charge in [-0.3, -0.25) is 9.59 Å². The van der Waals surface area contributed by atoms with Crippen LogP contribution in [0.1, 0.15) is 15.9 Å². The standard InChI is InChI=1S/C21H24N2O4/c1-16-7-3-5-9-18(16)27-15-20(24)22-11-13-23(14-12-22)21(25)17-8-4-6-10-19(17)26-2/h3-10H,11-15H2,1-2H3. The summed E-state index contributed by atoms with van der Waals surface area (Å²) in [6, 6.07) is 14.8. The van der Waals surface area contributed by atoms with Crippen LogP contribution in [0.25, 0.3) is 0 Å². The van der Waals surface area contributed by atoms with Crippen LogP contribution in [0.3, 0.4) is 0 Å². The van der Waals surface area contributed by atoms with E-state index in [2.05, 4.69) is 0 Å². The Balaban J connectivity index is 1.53. The molecule has 0 unspecified atom stereocenters. The van der Waals surface area contributed by atoms with Gasteiger partial charge >= 0.3 is 0 Å². The summed E-state index contributed by atoms with van der Waals surface area (Å²) in [4.78, 5) is 28.6. The smallest absolute Gasteiger partial charge is 0.260 e. The molecule has 1 aliphatic rings. The molecule has 0 aliphatic carbocycles. The molecule has 1 heterocycles. The Morgan fingerprint density at radius 1 is 0.889 bits per heavy atom. The van der Waals surface area contributed by atoms with E-state index in [1.54, 1.807) is 29.0 Å². The summed E-state index contributed by atoms with van der Waals surface area (Å²) < 4.78 is 10.9. The molecule has 1 saturated heterocycles. The number of benzene rings is 2. The summed E-state index contributed by atoms with van der Waals surface area (Å²) in [6.45, 7) is 3.93. The van der Waals surface area contributed by atoms with Crippen LogP contribution in [0.4, 0.5) is 0 Å². The van der Waals surface area contributed by atoms with Crippen molar-refractivity contribution >= 4 is 11.8 Å². The molecule has 142 valence electrons. The zero-order valence-electron chi connectivity index (χ0n) is 15.7. The van der Waals surface area contributed by atoms with Crippen LogP contribution >= 0.6 is 0 Å². The van der Waals surface area contributed by atoms with Gasteiger partial charge in [-0.2, -0.15) is 0 Å². The number of carbonyl (C=O) groups excluding carboxylic acids is 2. The van der Waals surface area contributed by atoms with Gasteiger partial charge in [0, 0.05) is 26.2 Å². The number of para-hydroxylation sites is 2. The highest BCUT2D eigenvalue weighted by Crippen LogP contribution is 2.20. The topological polar surface area (TPSA) is 59.1 Å². The Kier molecular flexibility index (Phi) is 5.96. The number of methoxy groups -OCH3 is 1. The van der Waals surface area contributed by atoms with Crippen LogP contribution in [0.15, 0.2) is 48.5 Å². The fraction of sp³-hybridized carbons (Fsp3) is 0.333. The first-order valence-electron chi connectivity index (χ1n) is 8.98. The number of hydrogen-bond donors (Lipinski definition) is 0. The second-order valence-electron chi connectivity index (χ2n) is 6.43. The van der Waals surface area contributed by atoms with E-state index in [0.717, 1.165) is 11.3 Å². The summed E-state index contributed by atoms with van der Waals surface area (Å²) in [5.74, 6) is 1.14. The molecular formula is C21H24N2O4. The van der Waals surface area contributed by atoms with Crippen molar-refractivity contribution in [1.82, 2.24) is 9.80 Å². The SMILES string of the molecule is COc1ccccc1C(=O)N1CCN(C(=O)COc2ccccc2C)CC1. The lowest BCUT2D eigenvalue weighted by Crippen LogP contribution is -2.51. The molecule has 2 aromatic carbocycles. The molecule has 0 atom stereocenters. The quantitative estimate of drug-likeness (QED) is 0.813. The van der Waals surface area contributed by atoms with Crippen LogP contribution in [-0.2, 0) is 4.79 Å². The summed E-state index contributed by atoms with van der Waals surface area (Å²) in [6.07, 6.45) is 0. The van der Waals surface area contributed by atoms with Gasteiger partial charge < -0.3 is 19.3 Å². The van der Waals surface area contributed by atoms with Crippen LogP contribution in [0.5, 0.6) is 11.5 Å². The average Bonchev–Trinajstić information content (AvgIpc) is 2.72. The lowest BCUT2D eigenvalue weighted by Gasteiger charge is -2.35. The molecule has 27 heavy (non-hydrogen) atoms. The van der Waals surface area contributed by atoms with Gasteiger partial charge in [0.25, 0.3) is 11.8 Å². The monoisotopic (exact) mass is 368 g/mol. The van der Waals surface area contributed by atoms with Crippen molar-refractivity contribution in [3.8, 4) is 11.5 Å². The molecule has 1 aliphatic heterocycles. The molecular weight excluding hydrogens is 344 g/mol. The molecule has 1 fully saturated rings. The molecule has 3 rings (SSSR count). The molecule has 0 N–H and O–H groups in total. The molecule has 0 bridgehead atoms. The van der Waals surface area contributed by atoms with Crippen LogP contribution in [-0.4, -0.2) is 61.5 Å². The van der Waals surface area contributed by atoms with Crippen molar-refractivity contribution in [2.45, 2.75) is 6.92 Å². The summed E-state index contributed by atoms with van der Waals surface area (Å²) in [5.41, 5.74) is 1.54. The van der Waals surface area contributed by atoms with Crippen molar-refractivity contribution in [2.24, 2.45) is 0 Å².